The van der Waals surface area contributed by atoms with Crippen LogP contribution in [0.25, 0.3) is 0 Å². The van der Waals surface area contributed by atoms with E-state index in [0.29, 0.717) is 22.7 Å². The van der Waals surface area contributed by atoms with Crippen LogP contribution in [0.5, 0.6) is 11.5 Å². The molecule has 3 rings (SSSR count). The van der Waals surface area contributed by atoms with Crippen LogP contribution >= 0.6 is 0 Å². The SMILES string of the molecule is CC(=O)Nc1ccc(N=Cc2cccc(Oc3ccc([N+](=O)[O-])cc3[N+](=O)[O-])c2)cc1. The van der Waals surface area contributed by atoms with Crippen LogP contribution in [0, 0.1) is 20.2 Å². The molecule has 0 bridgehead atoms. The summed E-state index contributed by atoms with van der Waals surface area (Å²) in [6.07, 6.45) is 1.59. The van der Waals surface area contributed by atoms with Crippen LogP contribution in [0.1, 0.15) is 12.5 Å². The van der Waals surface area contributed by atoms with Crippen molar-refractivity contribution in [3.05, 3.63) is 92.5 Å². The van der Waals surface area contributed by atoms with Gasteiger partial charge in [-0.05, 0) is 48.0 Å². The van der Waals surface area contributed by atoms with Crippen molar-refractivity contribution < 1.29 is 19.4 Å². The molecule has 0 unspecified atom stereocenters. The molecule has 3 aromatic carbocycles. The molecular formula is C21H16N4O6. The van der Waals surface area contributed by atoms with Crippen LogP contribution in [0.4, 0.5) is 22.7 Å². The molecule has 0 atom stereocenters. The van der Waals surface area contributed by atoms with Gasteiger partial charge in [0.2, 0.25) is 11.7 Å². The van der Waals surface area contributed by atoms with Crippen molar-refractivity contribution in [2.45, 2.75) is 6.92 Å². The van der Waals surface area contributed by atoms with Crippen LogP contribution in [-0.2, 0) is 4.79 Å². The minimum Gasteiger partial charge on any atom is -0.450 e. The number of hydrogen-bond donors (Lipinski definition) is 1. The van der Waals surface area contributed by atoms with E-state index in [2.05, 4.69) is 10.3 Å². The fraction of sp³-hybridized carbons (Fsp3) is 0.0476. The molecular weight excluding hydrogens is 404 g/mol. The van der Waals surface area contributed by atoms with Crippen molar-refractivity contribution in [3.63, 3.8) is 0 Å². The molecule has 0 fully saturated rings. The summed E-state index contributed by atoms with van der Waals surface area (Å²) in [7, 11) is 0. The second-order valence-electron chi connectivity index (χ2n) is 6.33. The molecule has 10 heteroatoms. The molecule has 31 heavy (non-hydrogen) atoms. The summed E-state index contributed by atoms with van der Waals surface area (Å²) in [5.41, 5.74) is 1.09. The number of amides is 1. The fourth-order valence-electron chi connectivity index (χ4n) is 2.62. The zero-order valence-corrected chi connectivity index (χ0v) is 16.2. The standard InChI is InChI=1S/C21H16N4O6/c1-14(26)23-17-7-5-16(6-8-17)22-13-15-3-2-4-19(11-15)31-21-10-9-18(24(27)28)12-20(21)25(29)30/h2-13H,1H3,(H,23,26). The minimum absolute atomic E-state index is 0.113. The van der Waals surface area contributed by atoms with Crippen molar-refractivity contribution in [2.75, 3.05) is 5.32 Å². The number of hydrogen-bond acceptors (Lipinski definition) is 7. The first-order chi connectivity index (χ1) is 14.8. The van der Waals surface area contributed by atoms with Crippen LogP contribution < -0.4 is 10.1 Å². The zero-order valence-electron chi connectivity index (χ0n) is 16.2. The monoisotopic (exact) mass is 420 g/mol. The smallest absolute Gasteiger partial charge is 0.318 e. The van der Waals surface area contributed by atoms with Crippen molar-refractivity contribution in [2.24, 2.45) is 4.99 Å². The van der Waals surface area contributed by atoms with E-state index in [1.807, 2.05) is 0 Å². The maximum atomic E-state index is 11.3. The largest absolute Gasteiger partial charge is 0.450 e. The van der Waals surface area contributed by atoms with Crippen LogP contribution in [-0.4, -0.2) is 22.0 Å². The molecule has 0 aliphatic carbocycles. The van der Waals surface area contributed by atoms with Crippen LogP contribution in [0.15, 0.2) is 71.7 Å². The summed E-state index contributed by atoms with van der Waals surface area (Å²) in [5.74, 6) is 0.0292. The van der Waals surface area contributed by atoms with E-state index in [0.717, 1.165) is 12.1 Å². The minimum atomic E-state index is -0.738. The molecule has 156 valence electrons. The molecule has 10 nitrogen and oxygen atoms in total. The molecule has 1 amide bonds. The lowest BCUT2D eigenvalue weighted by atomic mass is 10.2. The van der Waals surface area contributed by atoms with Crippen LogP contribution in [0.3, 0.4) is 0 Å². The third-order valence-electron chi connectivity index (χ3n) is 3.99. The van der Waals surface area contributed by atoms with E-state index in [1.165, 1.54) is 13.0 Å². The molecule has 0 aliphatic rings. The van der Waals surface area contributed by atoms with Crippen molar-refractivity contribution in [1.29, 1.82) is 0 Å². The van der Waals surface area contributed by atoms with Gasteiger partial charge in [0.15, 0.2) is 0 Å². The molecule has 3 aromatic rings. The number of non-ortho nitro benzene ring substituents is 1. The third-order valence-corrected chi connectivity index (χ3v) is 3.99. The summed E-state index contributed by atoms with van der Waals surface area (Å²) in [6, 6.07) is 16.8. The van der Waals surface area contributed by atoms with Gasteiger partial charge in [-0.15, -0.1) is 0 Å². The Hall–Kier alpha value is -4.60. The van der Waals surface area contributed by atoms with Gasteiger partial charge in [-0.25, -0.2) is 0 Å². The molecule has 1 N–H and O–H groups in total. The van der Waals surface area contributed by atoms with Crippen LogP contribution in [0.2, 0.25) is 0 Å². The van der Waals surface area contributed by atoms with E-state index < -0.39 is 21.2 Å². The molecule has 0 heterocycles. The highest BCUT2D eigenvalue weighted by molar-refractivity contribution is 5.89. The maximum Gasteiger partial charge on any atom is 0.318 e. The second-order valence-corrected chi connectivity index (χ2v) is 6.33. The van der Waals surface area contributed by atoms with Gasteiger partial charge < -0.3 is 10.1 Å². The highest BCUT2D eigenvalue weighted by Crippen LogP contribution is 2.34. The Bertz CT molecular complexity index is 1170. The number of anilines is 1. The second kappa shape index (κ2) is 9.27. The van der Waals surface area contributed by atoms with Gasteiger partial charge in [0.1, 0.15) is 5.75 Å². The predicted molar refractivity (Wildman–Crippen MR) is 114 cm³/mol. The van der Waals surface area contributed by atoms with Crippen molar-refractivity contribution in [3.8, 4) is 11.5 Å². The van der Waals surface area contributed by atoms with Gasteiger partial charge in [-0.2, -0.15) is 0 Å². The van der Waals surface area contributed by atoms with Gasteiger partial charge in [-0.3, -0.25) is 30.0 Å². The number of carbonyl (C=O) groups excluding carboxylic acids is 1. The zero-order chi connectivity index (χ0) is 22.4. The number of nitro groups is 2. The van der Waals surface area contributed by atoms with E-state index in [-0.39, 0.29) is 11.7 Å². The van der Waals surface area contributed by atoms with E-state index in [1.54, 1.807) is 54.7 Å². The number of nitro benzene ring substituents is 2. The Morgan fingerprint density at radius 2 is 1.74 bits per heavy atom. The average Bonchev–Trinajstić information content (AvgIpc) is 2.73. The number of rotatable bonds is 7. The quantitative estimate of drug-likeness (QED) is 0.324. The fourth-order valence-corrected chi connectivity index (χ4v) is 2.62. The lowest BCUT2D eigenvalue weighted by molar-refractivity contribution is -0.394. The highest BCUT2D eigenvalue weighted by atomic mass is 16.6. The molecule has 0 spiro atoms. The number of aliphatic imine (C=N–C) groups is 1. The first-order valence-electron chi connectivity index (χ1n) is 8.94. The Morgan fingerprint density at radius 3 is 2.39 bits per heavy atom. The summed E-state index contributed by atoms with van der Waals surface area (Å²) in [4.78, 5) is 36.1. The average molecular weight is 420 g/mol. The summed E-state index contributed by atoms with van der Waals surface area (Å²) >= 11 is 0. The first-order valence-corrected chi connectivity index (χ1v) is 8.94. The Labute approximate surface area is 176 Å². The number of carbonyl (C=O) groups is 1. The van der Waals surface area contributed by atoms with Gasteiger partial charge in [-0.1, -0.05) is 12.1 Å². The van der Waals surface area contributed by atoms with Crippen molar-refractivity contribution in [1.82, 2.24) is 0 Å². The molecule has 0 saturated heterocycles. The topological polar surface area (TPSA) is 137 Å². The Balaban J connectivity index is 1.78. The summed E-state index contributed by atoms with van der Waals surface area (Å²) in [5, 5.41) is 24.8. The number of nitrogens with one attached hydrogen (secondary N) is 1. The predicted octanol–water partition coefficient (Wildman–Crippen LogP) is 5.00. The molecule has 0 aliphatic heterocycles. The first kappa shape index (κ1) is 21.1. The molecule has 0 aromatic heterocycles. The lowest BCUT2D eigenvalue weighted by Gasteiger charge is -2.07. The number of benzene rings is 3. The number of ether oxygens (including phenoxy) is 1. The summed E-state index contributed by atoms with van der Waals surface area (Å²) < 4.78 is 5.58. The third kappa shape index (κ3) is 5.70. The lowest BCUT2D eigenvalue weighted by Crippen LogP contribution is -2.04. The van der Waals surface area contributed by atoms with Gasteiger partial charge in [0.25, 0.3) is 5.69 Å². The van der Waals surface area contributed by atoms with E-state index in [4.69, 9.17) is 4.74 Å². The van der Waals surface area contributed by atoms with E-state index in [9.17, 15) is 25.0 Å². The Kier molecular flexibility index (Phi) is 6.31. The highest BCUT2D eigenvalue weighted by Gasteiger charge is 2.21. The van der Waals surface area contributed by atoms with Gasteiger partial charge >= 0.3 is 5.69 Å². The maximum absolute atomic E-state index is 11.3. The van der Waals surface area contributed by atoms with E-state index >= 15 is 0 Å². The normalized spacial score (nSPS) is 10.6. The summed E-state index contributed by atoms with van der Waals surface area (Å²) in [6.45, 7) is 1.42. The molecule has 0 saturated carbocycles. The molecule has 0 radical (unpaired) electrons. The van der Waals surface area contributed by atoms with Gasteiger partial charge in [0, 0.05) is 24.9 Å². The van der Waals surface area contributed by atoms with Gasteiger partial charge in [0.05, 0.1) is 21.6 Å². The van der Waals surface area contributed by atoms with Crippen molar-refractivity contribution >= 4 is 34.9 Å². The Morgan fingerprint density at radius 1 is 1.00 bits per heavy atom. The number of nitrogens with zero attached hydrogens (tertiary/aromatic N) is 3.